The maximum atomic E-state index is 12.1. The molecule has 0 saturated carbocycles. The number of nitrogens with zero attached hydrogens (tertiary/aromatic N) is 1. The molecule has 0 radical (unpaired) electrons. The van der Waals surface area contributed by atoms with Gasteiger partial charge in [0, 0.05) is 24.1 Å². The number of nitrogens with one attached hydrogen (secondary N) is 2. The molecule has 0 spiro atoms. The lowest BCUT2D eigenvalue weighted by atomic mass is 10.1. The molecule has 0 bridgehead atoms. The molecular weight excluding hydrogens is 402 g/mol. The Balaban J connectivity index is 1.46. The molecule has 0 aliphatic heterocycles. The first-order valence-electron chi connectivity index (χ1n) is 10.5. The molecule has 0 heterocycles. The van der Waals surface area contributed by atoms with E-state index in [-0.39, 0.29) is 24.7 Å². The van der Waals surface area contributed by atoms with Crippen molar-refractivity contribution >= 4 is 23.7 Å². The SMILES string of the molecule is Cc1ccc(NC(=O)CCC(=O)N/N=C/c2ccccc2OCc2ccccc2)c(C)c1. The van der Waals surface area contributed by atoms with Crippen LogP contribution < -0.4 is 15.5 Å². The molecule has 6 heteroatoms. The number of benzene rings is 3. The topological polar surface area (TPSA) is 79.8 Å². The average Bonchev–Trinajstić information content (AvgIpc) is 2.79. The molecule has 0 aliphatic rings. The zero-order valence-electron chi connectivity index (χ0n) is 18.3. The maximum Gasteiger partial charge on any atom is 0.240 e. The van der Waals surface area contributed by atoms with E-state index < -0.39 is 0 Å². The van der Waals surface area contributed by atoms with Gasteiger partial charge in [0.25, 0.3) is 0 Å². The number of hydrazone groups is 1. The number of anilines is 1. The smallest absolute Gasteiger partial charge is 0.240 e. The number of aryl methyl sites for hydroxylation is 2. The van der Waals surface area contributed by atoms with Crippen LogP contribution in [0.4, 0.5) is 5.69 Å². The standard InChI is InChI=1S/C26H27N3O3/c1-19-12-13-23(20(2)16-19)28-25(30)14-15-26(31)29-27-17-22-10-6-7-11-24(22)32-18-21-8-4-3-5-9-21/h3-13,16-17H,14-15,18H2,1-2H3,(H,28,30)(H,29,31)/b27-17+. The van der Waals surface area contributed by atoms with Gasteiger partial charge in [-0.05, 0) is 43.2 Å². The first kappa shape index (κ1) is 22.7. The average molecular weight is 430 g/mol. The van der Waals surface area contributed by atoms with Crippen LogP contribution in [0.25, 0.3) is 0 Å². The lowest BCUT2D eigenvalue weighted by molar-refractivity contribution is -0.124. The highest BCUT2D eigenvalue weighted by Crippen LogP contribution is 2.18. The number of hydrogen-bond acceptors (Lipinski definition) is 4. The minimum Gasteiger partial charge on any atom is -0.488 e. The summed E-state index contributed by atoms with van der Waals surface area (Å²) in [5.41, 5.74) is 7.15. The van der Waals surface area contributed by atoms with E-state index in [2.05, 4.69) is 15.8 Å². The van der Waals surface area contributed by atoms with Crippen molar-refractivity contribution in [1.29, 1.82) is 0 Å². The van der Waals surface area contributed by atoms with Crippen molar-refractivity contribution in [3.8, 4) is 5.75 Å². The molecule has 0 aliphatic carbocycles. The molecule has 0 unspecified atom stereocenters. The monoisotopic (exact) mass is 429 g/mol. The maximum absolute atomic E-state index is 12.1. The van der Waals surface area contributed by atoms with Crippen LogP contribution in [0.3, 0.4) is 0 Å². The predicted octanol–water partition coefficient (Wildman–Crippen LogP) is 4.75. The minimum atomic E-state index is -0.334. The third kappa shape index (κ3) is 7.09. The fourth-order valence-corrected chi connectivity index (χ4v) is 3.08. The Bertz CT molecular complexity index is 1090. The quantitative estimate of drug-likeness (QED) is 0.380. The minimum absolute atomic E-state index is 0.0419. The zero-order valence-corrected chi connectivity index (χ0v) is 18.3. The molecule has 0 aromatic heterocycles. The predicted molar refractivity (Wildman–Crippen MR) is 127 cm³/mol. The molecule has 3 aromatic rings. The van der Waals surface area contributed by atoms with Gasteiger partial charge in [-0.2, -0.15) is 5.10 Å². The van der Waals surface area contributed by atoms with E-state index in [9.17, 15) is 9.59 Å². The normalized spacial score (nSPS) is 10.7. The van der Waals surface area contributed by atoms with Crippen molar-refractivity contribution in [2.75, 3.05) is 5.32 Å². The first-order chi connectivity index (χ1) is 15.5. The molecule has 164 valence electrons. The highest BCUT2D eigenvalue weighted by molar-refractivity contribution is 5.94. The highest BCUT2D eigenvalue weighted by atomic mass is 16.5. The summed E-state index contributed by atoms with van der Waals surface area (Å²) in [4.78, 5) is 24.2. The van der Waals surface area contributed by atoms with Gasteiger partial charge in [0.1, 0.15) is 12.4 Å². The molecule has 0 fully saturated rings. The van der Waals surface area contributed by atoms with Gasteiger partial charge in [0.15, 0.2) is 0 Å². The van der Waals surface area contributed by atoms with E-state index in [0.29, 0.717) is 12.4 Å². The van der Waals surface area contributed by atoms with Crippen molar-refractivity contribution in [2.24, 2.45) is 5.10 Å². The Morgan fingerprint density at radius 1 is 0.906 bits per heavy atom. The second-order valence-electron chi connectivity index (χ2n) is 7.47. The number of carbonyl (C=O) groups excluding carboxylic acids is 2. The van der Waals surface area contributed by atoms with Crippen molar-refractivity contribution in [2.45, 2.75) is 33.3 Å². The van der Waals surface area contributed by atoms with Crippen molar-refractivity contribution in [1.82, 2.24) is 5.43 Å². The molecule has 32 heavy (non-hydrogen) atoms. The second-order valence-corrected chi connectivity index (χ2v) is 7.47. The second kappa shape index (κ2) is 11.5. The van der Waals surface area contributed by atoms with E-state index in [1.165, 1.54) is 6.21 Å². The van der Waals surface area contributed by atoms with Crippen LogP contribution in [-0.2, 0) is 16.2 Å². The molecular formula is C26H27N3O3. The molecule has 3 rings (SSSR count). The summed E-state index contributed by atoms with van der Waals surface area (Å²) in [6.07, 6.45) is 1.65. The van der Waals surface area contributed by atoms with E-state index >= 15 is 0 Å². The van der Waals surface area contributed by atoms with Crippen LogP contribution in [0, 0.1) is 13.8 Å². The summed E-state index contributed by atoms with van der Waals surface area (Å²) >= 11 is 0. The van der Waals surface area contributed by atoms with Gasteiger partial charge in [-0.1, -0.05) is 60.2 Å². The van der Waals surface area contributed by atoms with Crippen LogP contribution in [-0.4, -0.2) is 18.0 Å². The number of carbonyl (C=O) groups is 2. The molecule has 3 aromatic carbocycles. The lowest BCUT2D eigenvalue weighted by Gasteiger charge is -2.09. The Labute approximate surface area is 188 Å². The van der Waals surface area contributed by atoms with Crippen LogP contribution in [0.5, 0.6) is 5.75 Å². The first-order valence-corrected chi connectivity index (χ1v) is 10.5. The molecule has 6 nitrogen and oxygen atoms in total. The molecule has 0 atom stereocenters. The van der Waals surface area contributed by atoms with Gasteiger partial charge in [0.05, 0.1) is 6.21 Å². The van der Waals surface area contributed by atoms with E-state index in [1.807, 2.05) is 86.6 Å². The molecule has 0 saturated heterocycles. The molecule has 2 N–H and O–H groups in total. The van der Waals surface area contributed by atoms with Crippen LogP contribution in [0.1, 0.15) is 35.1 Å². The summed E-state index contributed by atoms with van der Waals surface area (Å²) in [6, 6.07) is 23.1. The Morgan fingerprint density at radius 2 is 1.62 bits per heavy atom. The highest BCUT2D eigenvalue weighted by Gasteiger charge is 2.08. The van der Waals surface area contributed by atoms with Gasteiger partial charge in [-0.3, -0.25) is 9.59 Å². The third-order valence-corrected chi connectivity index (χ3v) is 4.78. The number of hydrogen-bond donors (Lipinski definition) is 2. The lowest BCUT2D eigenvalue weighted by Crippen LogP contribution is -2.21. The summed E-state index contributed by atoms with van der Waals surface area (Å²) in [5, 5.41) is 6.84. The van der Waals surface area contributed by atoms with Crippen molar-refractivity contribution in [3.05, 3.63) is 95.1 Å². The number of para-hydroxylation sites is 1. The van der Waals surface area contributed by atoms with Gasteiger partial charge in [-0.25, -0.2) is 5.43 Å². The van der Waals surface area contributed by atoms with Gasteiger partial charge in [0.2, 0.25) is 11.8 Å². The van der Waals surface area contributed by atoms with Crippen LogP contribution in [0.15, 0.2) is 77.9 Å². The summed E-state index contributed by atoms with van der Waals surface area (Å²) in [6.45, 7) is 4.37. The van der Waals surface area contributed by atoms with E-state index in [0.717, 1.165) is 27.9 Å². The molecule has 2 amide bonds. The van der Waals surface area contributed by atoms with Gasteiger partial charge < -0.3 is 10.1 Å². The summed E-state index contributed by atoms with van der Waals surface area (Å²) < 4.78 is 5.88. The largest absolute Gasteiger partial charge is 0.488 e. The number of ether oxygens (including phenoxy) is 1. The zero-order chi connectivity index (χ0) is 22.8. The number of rotatable bonds is 9. The van der Waals surface area contributed by atoms with Crippen LogP contribution >= 0.6 is 0 Å². The van der Waals surface area contributed by atoms with Crippen molar-refractivity contribution in [3.63, 3.8) is 0 Å². The van der Waals surface area contributed by atoms with Gasteiger partial charge >= 0.3 is 0 Å². The number of amides is 2. The fourth-order valence-electron chi connectivity index (χ4n) is 3.08. The van der Waals surface area contributed by atoms with Crippen molar-refractivity contribution < 1.29 is 14.3 Å². The Morgan fingerprint density at radius 3 is 2.41 bits per heavy atom. The summed E-state index contributed by atoms with van der Waals surface area (Å²) in [5.74, 6) is 0.123. The Kier molecular flexibility index (Phi) is 8.15. The van der Waals surface area contributed by atoms with Crippen LogP contribution in [0.2, 0.25) is 0 Å². The van der Waals surface area contributed by atoms with E-state index in [1.54, 1.807) is 0 Å². The van der Waals surface area contributed by atoms with Gasteiger partial charge in [-0.15, -0.1) is 0 Å². The fraction of sp³-hybridized carbons (Fsp3) is 0.192. The summed E-state index contributed by atoms with van der Waals surface area (Å²) in [7, 11) is 0. The third-order valence-electron chi connectivity index (χ3n) is 4.78. The Hall–Kier alpha value is -3.93. The van der Waals surface area contributed by atoms with E-state index in [4.69, 9.17) is 4.74 Å².